The van der Waals surface area contributed by atoms with Gasteiger partial charge in [-0.1, -0.05) is 6.07 Å². The lowest BCUT2D eigenvalue weighted by molar-refractivity contribution is -0.121. The number of nitrogens with zero attached hydrogens (tertiary/aromatic N) is 2. The van der Waals surface area contributed by atoms with Crippen molar-refractivity contribution >= 4 is 11.8 Å². The lowest BCUT2D eigenvalue weighted by atomic mass is 9.92. The highest BCUT2D eigenvalue weighted by Gasteiger charge is 2.25. The summed E-state index contributed by atoms with van der Waals surface area (Å²) in [6.07, 6.45) is 6.82. The summed E-state index contributed by atoms with van der Waals surface area (Å²) in [6.45, 7) is 5.98. The molecule has 1 saturated heterocycles. The van der Waals surface area contributed by atoms with Gasteiger partial charge in [0, 0.05) is 44.1 Å². The molecule has 6 heteroatoms. The molecule has 1 fully saturated rings. The summed E-state index contributed by atoms with van der Waals surface area (Å²) in [7, 11) is 0. The third-order valence-electron chi connectivity index (χ3n) is 5.26. The molecule has 1 aliphatic rings. The number of carbonyl (C=O) groups is 2. The number of amides is 2. The third-order valence-corrected chi connectivity index (χ3v) is 5.26. The number of pyridine rings is 1. The molecule has 3 rings (SSSR count). The standard InChI is InChI=1S/C21H28N4O2/c1-15-12-16(2)24-20(15)21(27)25-10-7-17(8-11-25)5-6-19(26)23-14-18-4-3-9-22-13-18/h3-4,9,12-13,17,24H,5-8,10-11,14H2,1-2H3,(H,23,26). The molecule has 3 heterocycles. The van der Waals surface area contributed by atoms with Crippen molar-refractivity contribution in [2.75, 3.05) is 13.1 Å². The molecule has 0 radical (unpaired) electrons. The van der Waals surface area contributed by atoms with Crippen molar-refractivity contribution in [3.8, 4) is 0 Å². The minimum Gasteiger partial charge on any atom is -0.354 e. The number of hydrogen-bond acceptors (Lipinski definition) is 3. The summed E-state index contributed by atoms with van der Waals surface area (Å²) in [4.78, 5) is 33.9. The van der Waals surface area contributed by atoms with Crippen molar-refractivity contribution in [3.63, 3.8) is 0 Å². The number of likely N-dealkylation sites (tertiary alicyclic amines) is 1. The topological polar surface area (TPSA) is 78.1 Å². The molecule has 1 aliphatic heterocycles. The lowest BCUT2D eigenvalue weighted by Crippen LogP contribution is -2.39. The van der Waals surface area contributed by atoms with Crippen LogP contribution in [-0.2, 0) is 11.3 Å². The van der Waals surface area contributed by atoms with E-state index in [0.717, 1.165) is 49.2 Å². The maximum atomic E-state index is 12.7. The highest BCUT2D eigenvalue weighted by molar-refractivity contribution is 5.94. The van der Waals surface area contributed by atoms with Crippen LogP contribution in [0.5, 0.6) is 0 Å². The van der Waals surface area contributed by atoms with Gasteiger partial charge in [0.1, 0.15) is 5.69 Å². The van der Waals surface area contributed by atoms with Crippen molar-refractivity contribution in [1.29, 1.82) is 0 Å². The number of carbonyl (C=O) groups excluding carboxylic acids is 2. The van der Waals surface area contributed by atoms with Gasteiger partial charge in [-0.25, -0.2) is 0 Å². The van der Waals surface area contributed by atoms with E-state index in [0.29, 0.717) is 24.6 Å². The Kier molecular flexibility index (Phi) is 6.27. The Balaban J connectivity index is 1.38. The summed E-state index contributed by atoms with van der Waals surface area (Å²) in [5.41, 5.74) is 3.74. The van der Waals surface area contributed by atoms with E-state index >= 15 is 0 Å². The molecule has 2 aromatic heterocycles. The molecule has 144 valence electrons. The first-order valence-corrected chi connectivity index (χ1v) is 9.64. The Hall–Kier alpha value is -2.63. The lowest BCUT2D eigenvalue weighted by Gasteiger charge is -2.32. The molecular weight excluding hydrogens is 340 g/mol. The van der Waals surface area contributed by atoms with Crippen LogP contribution in [0.4, 0.5) is 0 Å². The van der Waals surface area contributed by atoms with Crippen LogP contribution in [0.2, 0.25) is 0 Å². The molecule has 0 atom stereocenters. The molecule has 2 amide bonds. The molecular formula is C21H28N4O2. The van der Waals surface area contributed by atoms with Gasteiger partial charge >= 0.3 is 0 Å². The minimum atomic E-state index is 0.0786. The van der Waals surface area contributed by atoms with Crippen LogP contribution in [0.1, 0.15) is 53.0 Å². The van der Waals surface area contributed by atoms with Gasteiger partial charge in [0.25, 0.3) is 5.91 Å². The van der Waals surface area contributed by atoms with E-state index < -0.39 is 0 Å². The average molecular weight is 368 g/mol. The Morgan fingerprint density at radius 1 is 1.30 bits per heavy atom. The number of hydrogen-bond donors (Lipinski definition) is 2. The van der Waals surface area contributed by atoms with Gasteiger partial charge < -0.3 is 15.2 Å². The second-order valence-electron chi connectivity index (χ2n) is 7.42. The first-order chi connectivity index (χ1) is 13.0. The molecule has 6 nitrogen and oxygen atoms in total. The van der Waals surface area contributed by atoms with Gasteiger partial charge in [0.15, 0.2) is 0 Å². The Bertz CT molecular complexity index is 777. The Morgan fingerprint density at radius 3 is 2.70 bits per heavy atom. The first kappa shape index (κ1) is 19.1. The number of aryl methyl sites for hydroxylation is 2. The molecule has 0 spiro atoms. The van der Waals surface area contributed by atoms with Crippen molar-refractivity contribution in [1.82, 2.24) is 20.2 Å². The van der Waals surface area contributed by atoms with Crippen molar-refractivity contribution < 1.29 is 9.59 Å². The van der Waals surface area contributed by atoms with Crippen molar-refractivity contribution in [2.45, 2.75) is 46.1 Å². The fourth-order valence-corrected chi connectivity index (χ4v) is 3.66. The quantitative estimate of drug-likeness (QED) is 0.823. The normalized spacial score (nSPS) is 15.0. The van der Waals surface area contributed by atoms with Gasteiger partial charge in [-0.3, -0.25) is 14.6 Å². The highest BCUT2D eigenvalue weighted by Crippen LogP contribution is 2.23. The van der Waals surface area contributed by atoms with Gasteiger partial charge in [0.05, 0.1) is 0 Å². The van der Waals surface area contributed by atoms with E-state index in [4.69, 9.17) is 0 Å². The number of aromatic nitrogens is 2. The summed E-state index contributed by atoms with van der Waals surface area (Å²) >= 11 is 0. The molecule has 2 aromatic rings. The Morgan fingerprint density at radius 2 is 2.07 bits per heavy atom. The average Bonchev–Trinajstić information content (AvgIpc) is 3.03. The summed E-state index contributed by atoms with van der Waals surface area (Å²) in [5.74, 6) is 0.674. The minimum absolute atomic E-state index is 0.0786. The van der Waals surface area contributed by atoms with Gasteiger partial charge in [-0.05, 0) is 62.3 Å². The van der Waals surface area contributed by atoms with E-state index in [1.54, 1.807) is 12.4 Å². The van der Waals surface area contributed by atoms with Crippen LogP contribution in [0.3, 0.4) is 0 Å². The number of H-pyrrole nitrogens is 1. The van der Waals surface area contributed by atoms with E-state index in [2.05, 4.69) is 15.3 Å². The van der Waals surface area contributed by atoms with E-state index in [-0.39, 0.29) is 11.8 Å². The summed E-state index contributed by atoms with van der Waals surface area (Å²) in [6, 6.07) is 5.82. The van der Waals surface area contributed by atoms with Crippen LogP contribution in [0.25, 0.3) is 0 Å². The zero-order valence-electron chi connectivity index (χ0n) is 16.1. The molecule has 0 saturated carbocycles. The van der Waals surface area contributed by atoms with Gasteiger partial charge in [-0.2, -0.15) is 0 Å². The predicted octanol–water partition coefficient (Wildman–Crippen LogP) is 2.98. The van der Waals surface area contributed by atoms with Crippen LogP contribution in [-0.4, -0.2) is 39.8 Å². The van der Waals surface area contributed by atoms with E-state index in [1.807, 2.05) is 36.9 Å². The van der Waals surface area contributed by atoms with Crippen LogP contribution in [0.15, 0.2) is 30.6 Å². The van der Waals surface area contributed by atoms with Gasteiger partial charge in [0.2, 0.25) is 5.91 Å². The maximum Gasteiger partial charge on any atom is 0.270 e. The van der Waals surface area contributed by atoms with E-state index in [9.17, 15) is 9.59 Å². The molecule has 0 unspecified atom stereocenters. The summed E-state index contributed by atoms with van der Waals surface area (Å²) in [5, 5.41) is 2.95. The molecule has 2 N–H and O–H groups in total. The first-order valence-electron chi connectivity index (χ1n) is 9.64. The van der Waals surface area contributed by atoms with Crippen LogP contribution < -0.4 is 5.32 Å². The maximum absolute atomic E-state index is 12.7. The number of piperidine rings is 1. The largest absolute Gasteiger partial charge is 0.354 e. The molecule has 27 heavy (non-hydrogen) atoms. The highest BCUT2D eigenvalue weighted by atomic mass is 16.2. The van der Waals surface area contributed by atoms with E-state index in [1.165, 1.54) is 0 Å². The van der Waals surface area contributed by atoms with Crippen LogP contribution in [0, 0.1) is 19.8 Å². The molecule has 0 bridgehead atoms. The molecule has 0 aromatic carbocycles. The van der Waals surface area contributed by atoms with Gasteiger partial charge in [-0.15, -0.1) is 0 Å². The SMILES string of the molecule is Cc1cc(C)c(C(=O)N2CCC(CCC(=O)NCc3cccnc3)CC2)[nH]1. The molecule has 0 aliphatic carbocycles. The Labute approximate surface area is 160 Å². The van der Waals surface area contributed by atoms with Crippen molar-refractivity contribution in [3.05, 3.63) is 53.1 Å². The fraction of sp³-hybridized carbons (Fsp3) is 0.476. The fourth-order valence-electron chi connectivity index (χ4n) is 3.66. The van der Waals surface area contributed by atoms with Crippen LogP contribution >= 0.6 is 0 Å². The zero-order valence-corrected chi connectivity index (χ0v) is 16.1. The summed E-state index contributed by atoms with van der Waals surface area (Å²) < 4.78 is 0. The monoisotopic (exact) mass is 368 g/mol. The zero-order chi connectivity index (χ0) is 19.2. The number of nitrogens with one attached hydrogen (secondary N) is 2. The number of aromatic amines is 1. The third kappa shape index (κ3) is 5.18. The second-order valence-corrected chi connectivity index (χ2v) is 7.42. The van der Waals surface area contributed by atoms with Crippen molar-refractivity contribution in [2.24, 2.45) is 5.92 Å². The second kappa shape index (κ2) is 8.84. The predicted molar refractivity (Wildman–Crippen MR) is 104 cm³/mol. The smallest absolute Gasteiger partial charge is 0.270 e. The number of rotatable bonds is 6.